The van der Waals surface area contributed by atoms with Crippen LogP contribution in [0.2, 0.25) is 0 Å². The Bertz CT molecular complexity index is 923. The lowest BCUT2D eigenvalue weighted by Gasteiger charge is -2.17. The number of carbonyl (C=O) groups is 1. The first kappa shape index (κ1) is 19.3. The molecule has 1 aromatic heterocycles. The number of nitrogens with zero attached hydrogens (tertiary/aromatic N) is 3. The van der Waals surface area contributed by atoms with Crippen LogP contribution in [-0.4, -0.2) is 21.7 Å². The number of halogens is 1. The summed E-state index contributed by atoms with van der Waals surface area (Å²) in [6.45, 7) is 2.82. The number of fused-ring (bicyclic) bond motifs is 1. The van der Waals surface area contributed by atoms with E-state index >= 15 is 0 Å². The molecule has 1 aliphatic rings. The minimum atomic E-state index is -0.307. The summed E-state index contributed by atoms with van der Waals surface area (Å²) in [7, 11) is 0. The number of benzene rings is 1. The summed E-state index contributed by atoms with van der Waals surface area (Å²) in [5.74, 6) is 0.734. The van der Waals surface area contributed by atoms with Gasteiger partial charge in [0.2, 0.25) is 11.9 Å². The van der Waals surface area contributed by atoms with E-state index in [0.717, 1.165) is 29.3 Å². The third-order valence-electron chi connectivity index (χ3n) is 4.31. The van der Waals surface area contributed by atoms with E-state index < -0.39 is 0 Å². The van der Waals surface area contributed by atoms with Gasteiger partial charge in [0.15, 0.2) is 0 Å². The van der Waals surface area contributed by atoms with E-state index in [4.69, 9.17) is 0 Å². The lowest BCUT2D eigenvalue weighted by Crippen LogP contribution is -2.34. The number of unbranched alkanes of at least 4 members (excludes halogenated alkanes) is 2. The topological polar surface area (TPSA) is 88.4 Å². The van der Waals surface area contributed by atoms with Crippen molar-refractivity contribution in [3.63, 3.8) is 0 Å². The van der Waals surface area contributed by atoms with Crippen molar-refractivity contribution in [1.29, 1.82) is 0 Å². The molecule has 8 heteroatoms. The quantitative estimate of drug-likeness (QED) is 0.496. The van der Waals surface area contributed by atoms with Gasteiger partial charge in [-0.3, -0.25) is 25.0 Å². The highest BCUT2D eigenvalue weighted by atomic mass is 79.9. The SMILES string of the molecule is CCCCCn1c(NNC(=O)Cc2cccc(Br)c2)nc(=O)c2c1N=CC2. The lowest BCUT2D eigenvalue weighted by atomic mass is 10.1. The highest BCUT2D eigenvalue weighted by molar-refractivity contribution is 9.10. The third-order valence-corrected chi connectivity index (χ3v) is 4.80. The molecular weight excluding hydrogens is 410 g/mol. The van der Waals surface area contributed by atoms with E-state index in [9.17, 15) is 9.59 Å². The number of hydrazine groups is 1. The standard InChI is InChI=1S/C19H22BrN5O2/c1-2-3-4-10-25-17-15(8-9-21-17)18(27)22-19(25)24-23-16(26)12-13-6-5-7-14(20)11-13/h5-7,9,11H,2-4,8,10,12H2,1H3,(H,23,26)(H,22,24,27). The second-order valence-corrected chi connectivity index (χ2v) is 7.31. The fourth-order valence-electron chi connectivity index (χ4n) is 2.96. The molecule has 0 bridgehead atoms. The Morgan fingerprint density at radius 1 is 1.33 bits per heavy atom. The molecule has 0 unspecified atom stereocenters. The van der Waals surface area contributed by atoms with Crippen molar-refractivity contribution in [2.24, 2.45) is 4.99 Å². The zero-order valence-corrected chi connectivity index (χ0v) is 16.8. The Hall–Kier alpha value is -2.48. The number of rotatable bonds is 8. The second-order valence-electron chi connectivity index (χ2n) is 6.40. The summed E-state index contributed by atoms with van der Waals surface area (Å²) in [6.07, 6.45) is 5.55. The normalized spacial score (nSPS) is 12.1. The summed E-state index contributed by atoms with van der Waals surface area (Å²) >= 11 is 3.39. The largest absolute Gasteiger partial charge is 0.295 e. The van der Waals surface area contributed by atoms with Crippen LogP contribution in [0, 0.1) is 0 Å². The fraction of sp³-hybridized carbons (Fsp3) is 0.368. The zero-order valence-electron chi connectivity index (χ0n) is 15.2. The van der Waals surface area contributed by atoms with Crippen LogP contribution in [0.4, 0.5) is 11.8 Å². The molecule has 0 fully saturated rings. The Kier molecular flexibility index (Phi) is 6.39. The van der Waals surface area contributed by atoms with Gasteiger partial charge < -0.3 is 0 Å². The first-order chi connectivity index (χ1) is 13.1. The molecule has 0 radical (unpaired) electrons. The Morgan fingerprint density at radius 2 is 2.19 bits per heavy atom. The average molecular weight is 432 g/mol. The molecule has 1 amide bonds. The van der Waals surface area contributed by atoms with E-state index in [2.05, 4.69) is 43.7 Å². The summed E-state index contributed by atoms with van der Waals surface area (Å²) in [5, 5.41) is 0. The Morgan fingerprint density at radius 3 is 2.96 bits per heavy atom. The molecular formula is C19H22BrN5O2. The number of nitrogens with one attached hydrogen (secondary N) is 2. The number of aromatic nitrogens is 2. The van der Waals surface area contributed by atoms with Gasteiger partial charge in [0, 0.05) is 23.7 Å². The van der Waals surface area contributed by atoms with Gasteiger partial charge in [-0.05, 0) is 24.1 Å². The van der Waals surface area contributed by atoms with Gasteiger partial charge >= 0.3 is 0 Å². The maximum absolute atomic E-state index is 12.3. The van der Waals surface area contributed by atoms with Crippen LogP contribution in [0.15, 0.2) is 38.5 Å². The van der Waals surface area contributed by atoms with Gasteiger partial charge in [-0.25, -0.2) is 4.99 Å². The van der Waals surface area contributed by atoms with Crippen molar-refractivity contribution in [3.05, 3.63) is 50.2 Å². The molecule has 0 saturated heterocycles. The van der Waals surface area contributed by atoms with Crippen LogP contribution >= 0.6 is 15.9 Å². The van der Waals surface area contributed by atoms with Crippen LogP contribution in [0.1, 0.15) is 37.3 Å². The molecule has 1 aromatic carbocycles. The minimum absolute atomic E-state index is 0.216. The molecule has 7 nitrogen and oxygen atoms in total. The molecule has 3 rings (SSSR count). The molecule has 0 aliphatic carbocycles. The van der Waals surface area contributed by atoms with Gasteiger partial charge in [-0.15, -0.1) is 0 Å². The monoisotopic (exact) mass is 431 g/mol. The lowest BCUT2D eigenvalue weighted by molar-refractivity contribution is -0.119. The third kappa shape index (κ3) is 4.82. The second kappa shape index (κ2) is 8.94. The van der Waals surface area contributed by atoms with Crippen molar-refractivity contribution >= 4 is 39.8 Å². The summed E-state index contributed by atoms with van der Waals surface area (Å²) in [4.78, 5) is 32.9. The van der Waals surface area contributed by atoms with Crippen molar-refractivity contribution in [2.75, 3.05) is 5.43 Å². The van der Waals surface area contributed by atoms with Gasteiger partial charge in [-0.2, -0.15) is 4.98 Å². The van der Waals surface area contributed by atoms with Crippen molar-refractivity contribution in [2.45, 2.75) is 45.6 Å². The van der Waals surface area contributed by atoms with E-state index in [1.54, 1.807) is 6.21 Å². The average Bonchev–Trinajstić information content (AvgIpc) is 3.12. The number of anilines is 1. The molecule has 2 N–H and O–H groups in total. The van der Waals surface area contributed by atoms with Crippen LogP contribution < -0.4 is 16.4 Å². The number of hydrogen-bond acceptors (Lipinski definition) is 5. The van der Waals surface area contributed by atoms with E-state index in [0.29, 0.717) is 30.3 Å². The molecule has 2 heterocycles. The summed E-state index contributed by atoms with van der Waals surface area (Å²) in [6, 6.07) is 7.56. The fourth-order valence-corrected chi connectivity index (χ4v) is 3.41. The Labute approximate surface area is 166 Å². The van der Waals surface area contributed by atoms with E-state index in [1.807, 2.05) is 28.8 Å². The molecule has 2 aromatic rings. The molecule has 27 heavy (non-hydrogen) atoms. The van der Waals surface area contributed by atoms with Crippen molar-refractivity contribution in [1.82, 2.24) is 15.0 Å². The van der Waals surface area contributed by atoms with Gasteiger partial charge in [-0.1, -0.05) is 47.8 Å². The number of amides is 1. The van der Waals surface area contributed by atoms with Crippen molar-refractivity contribution < 1.29 is 4.79 Å². The number of hydrogen-bond donors (Lipinski definition) is 2. The minimum Gasteiger partial charge on any atom is -0.295 e. The molecule has 0 saturated carbocycles. The first-order valence-electron chi connectivity index (χ1n) is 9.04. The number of aliphatic imine (C=N–C) groups is 1. The highest BCUT2D eigenvalue weighted by Crippen LogP contribution is 2.24. The molecule has 0 atom stereocenters. The Balaban J connectivity index is 1.73. The van der Waals surface area contributed by atoms with Crippen LogP contribution in [0.25, 0.3) is 0 Å². The zero-order chi connectivity index (χ0) is 19.2. The first-order valence-corrected chi connectivity index (χ1v) is 9.83. The van der Waals surface area contributed by atoms with Crippen LogP contribution in [0.3, 0.4) is 0 Å². The van der Waals surface area contributed by atoms with Gasteiger partial charge in [0.1, 0.15) is 5.82 Å². The van der Waals surface area contributed by atoms with E-state index in [1.165, 1.54) is 0 Å². The van der Waals surface area contributed by atoms with E-state index in [-0.39, 0.29) is 17.9 Å². The smallest absolute Gasteiger partial charge is 0.280 e. The molecule has 1 aliphatic heterocycles. The predicted octanol–water partition coefficient (Wildman–Crippen LogP) is 3.14. The van der Waals surface area contributed by atoms with Gasteiger partial charge in [0.25, 0.3) is 5.56 Å². The highest BCUT2D eigenvalue weighted by Gasteiger charge is 2.19. The summed E-state index contributed by atoms with van der Waals surface area (Å²) in [5.41, 5.74) is 6.64. The molecule has 142 valence electrons. The summed E-state index contributed by atoms with van der Waals surface area (Å²) < 4.78 is 2.79. The van der Waals surface area contributed by atoms with Crippen molar-refractivity contribution in [3.8, 4) is 0 Å². The maximum atomic E-state index is 12.3. The van der Waals surface area contributed by atoms with Crippen LogP contribution in [-0.2, 0) is 24.2 Å². The maximum Gasteiger partial charge on any atom is 0.280 e. The number of carbonyl (C=O) groups excluding carboxylic acids is 1. The predicted molar refractivity (Wildman–Crippen MR) is 109 cm³/mol. The van der Waals surface area contributed by atoms with Gasteiger partial charge in [0.05, 0.1) is 12.0 Å². The van der Waals surface area contributed by atoms with Crippen LogP contribution in [0.5, 0.6) is 0 Å². The molecule has 0 spiro atoms.